The highest BCUT2D eigenvalue weighted by Gasteiger charge is 2.23. The molecule has 0 spiro atoms. The van der Waals surface area contributed by atoms with Crippen molar-refractivity contribution in [1.82, 2.24) is 4.98 Å². The highest BCUT2D eigenvalue weighted by Crippen LogP contribution is 2.30. The van der Waals surface area contributed by atoms with E-state index in [1.165, 1.54) is 17.5 Å². The van der Waals surface area contributed by atoms with Crippen molar-refractivity contribution in [3.63, 3.8) is 0 Å². The van der Waals surface area contributed by atoms with Gasteiger partial charge in [-0.25, -0.2) is 4.98 Å². The van der Waals surface area contributed by atoms with Crippen molar-refractivity contribution >= 4 is 34.5 Å². The van der Waals surface area contributed by atoms with Gasteiger partial charge >= 0.3 is 0 Å². The molecule has 1 amide bonds. The molecule has 26 heavy (non-hydrogen) atoms. The zero-order chi connectivity index (χ0) is 18.7. The lowest BCUT2D eigenvalue weighted by molar-refractivity contribution is 0.0988. The van der Waals surface area contributed by atoms with Gasteiger partial charge in [-0.2, -0.15) is 0 Å². The highest BCUT2D eigenvalue weighted by molar-refractivity contribution is 7.17. The van der Waals surface area contributed by atoms with Crippen LogP contribution >= 0.6 is 22.9 Å². The van der Waals surface area contributed by atoms with Crippen LogP contribution in [-0.2, 0) is 6.54 Å². The number of nitrogens with zero attached hydrogens (tertiary/aromatic N) is 2. The first-order valence-electron chi connectivity index (χ1n) is 8.12. The number of hydrogen-bond acceptors (Lipinski definition) is 4. The Morgan fingerprint density at radius 1 is 1.15 bits per heavy atom. The molecule has 3 aromatic rings. The second-order valence-electron chi connectivity index (χ2n) is 5.96. The third kappa shape index (κ3) is 3.89. The lowest BCUT2D eigenvalue weighted by atomic mass is 10.1. The summed E-state index contributed by atoms with van der Waals surface area (Å²) >= 11 is 7.12. The van der Waals surface area contributed by atoms with Gasteiger partial charge < -0.3 is 9.64 Å². The van der Waals surface area contributed by atoms with Crippen molar-refractivity contribution < 1.29 is 9.53 Å². The number of halogens is 1. The number of carbonyl (C=O) groups is 1. The molecule has 0 atom stereocenters. The summed E-state index contributed by atoms with van der Waals surface area (Å²) in [7, 11) is 1.63. The zero-order valence-corrected chi connectivity index (χ0v) is 16.4. The topological polar surface area (TPSA) is 42.4 Å². The molecular formula is C20H19ClN2O2S. The zero-order valence-electron chi connectivity index (χ0n) is 14.8. The lowest BCUT2D eigenvalue weighted by Gasteiger charge is -2.26. The van der Waals surface area contributed by atoms with Gasteiger partial charge in [-0.15, -0.1) is 0 Å². The molecule has 0 N–H and O–H groups in total. The predicted octanol–water partition coefficient (Wildman–Crippen LogP) is 5.27. The van der Waals surface area contributed by atoms with Gasteiger partial charge in [0.05, 0.1) is 25.5 Å². The van der Waals surface area contributed by atoms with Crippen molar-refractivity contribution in [2.75, 3.05) is 12.0 Å². The van der Waals surface area contributed by atoms with E-state index in [-0.39, 0.29) is 5.91 Å². The van der Waals surface area contributed by atoms with Crippen molar-refractivity contribution in [1.29, 1.82) is 0 Å². The number of aromatic nitrogens is 1. The van der Waals surface area contributed by atoms with Crippen LogP contribution in [0.4, 0.5) is 5.69 Å². The summed E-state index contributed by atoms with van der Waals surface area (Å²) in [6.07, 6.45) is 1.53. The van der Waals surface area contributed by atoms with Crippen molar-refractivity contribution in [3.05, 3.63) is 74.7 Å². The third-order valence-electron chi connectivity index (χ3n) is 4.14. The lowest BCUT2D eigenvalue weighted by Crippen LogP contribution is -2.31. The van der Waals surface area contributed by atoms with E-state index in [1.807, 2.05) is 56.3 Å². The molecule has 0 aliphatic rings. The van der Waals surface area contributed by atoms with Gasteiger partial charge in [0.1, 0.15) is 10.6 Å². The van der Waals surface area contributed by atoms with Crippen LogP contribution in [0, 0.1) is 13.8 Å². The molecule has 0 saturated carbocycles. The van der Waals surface area contributed by atoms with E-state index < -0.39 is 0 Å². The fraction of sp³-hybridized carbons (Fsp3) is 0.200. The van der Waals surface area contributed by atoms with E-state index >= 15 is 0 Å². The normalized spacial score (nSPS) is 10.6. The number of ether oxygens (including phenoxy) is 1. The number of rotatable bonds is 5. The monoisotopic (exact) mass is 386 g/mol. The minimum atomic E-state index is -0.109. The van der Waals surface area contributed by atoms with Crippen LogP contribution in [0.15, 0.2) is 48.7 Å². The number of amides is 1. The van der Waals surface area contributed by atoms with E-state index in [9.17, 15) is 4.79 Å². The Bertz CT molecular complexity index is 902. The molecule has 0 fully saturated rings. The molecule has 4 nitrogen and oxygen atoms in total. The van der Waals surface area contributed by atoms with Gasteiger partial charge in [0.15, 0.2) is 4.47 Å². The molecule has 0 bridgehead atoms. The van der Waals surface area contributed by atoms with E-state index in [4.69, 9.17) is 16.3 Å². The van der Waals surface area contributed by atoms with Crippen LogP contribution in [0.5, 0.6) is 5.75 Å². The Morgan fingerprint density at radius 3 is 2.35 bits per heavy atom. The average molecular weight is 387 g/mol. The standard InChI is InChI=1S/C20H19ClN2O2S/c1-13-5-4-6-14(2)18(13)23(19(24)17-11-22-20(21)26-17)12-15-7-9-16(25-3)10-8-15/h4-11H,12H2,1-3H3. The Balaban J connectivity index is 2.02. The maximum atomic E-state index is 13.2. The number of methoxy groups -OCH3 is 1. The molecule has 134 valence electrons. The summed E-state index contributed by atoms with van der Waals surface area (Å²) in [5.41, 5.74) is 4.01. The first-order valence-corrected chi connectivity index (χ1v) is 9.31. The van der Waals surface area contributed by atoms with Gasteiger partial charge in [-0.1, -0.05) is 53.3 Å². The molecule has 1 aromatic heterocycles. The van der Waals surface area contributed by atoms with Crippen LogP contribution in [0.2, 0.25) is 4.47 Å². The summed E-state index contributed by atoms with van der Waals surface area (Å²) in [6, 6.07) is 13.7. The second-order valence-corrected chi connectivity index (χ2v) is 7.57. The van der Waals surface area contributed by atoms with Crippen molar-refractivity contribution in [2.24, 2.45) is 0 Å². The molecule has 6 heteroatoms. The predicted molar refractivity (Wildman–Crippen MR) is 107 cm³/mol. The Morgan fingerprint density at radius 2 is 1.81 bits per heavy atom. The first kappa shape index (κ1) is 18.4. The molecular weight excluding hydrogens is 368 g/mol. The summed E-state index contributed by atoms with van der Waals surface area (Å²) in [4.78, 5) is 19.5. The molecule has 0 aliphatic heterocycles. The smallest absolute Gasteiger partial charge is 0.270 e. The van der Waals surface area contributed by atoms with Crippen LogP contribution in [0.1, 0.15) is 26.4 Å². The molecule has 1 heterocycles. The summed E-state index contributed by atoms with van der Waals surface area (Å²) < 4.78 is 5.58. The first-order chi connectivity index (χ1) is 12.5. The molecule has 0 aliphatic carbocycles. The van der Waals surface area contributed by atoms with E-state index in [2.05, 4.69) is 4.98 Å². The Hall–Kier alpha value is -2.37. The number of carbonyl (C=O) groups excluding carboxylic acids is 1. The van der Waals surface area contributed by atoms with Crippen LogP contribution in [0.3, 0.4) is 0 Å². The van der Waals surface area contributed by atoms with Crippen molar-refractivity contribution in [3.8, 4) is 5.75 Å². The Labute approximate surface area is 162 Å². The number of hydrogen-bond donors (Lipinski definition) is 0. The van der Waals surface area contributed by atoms with Crippen molar-refractivity contribution in [2.45, 2.75) is 20.4 Å². The summed E-state index contributed by atoms with van der Waals surface area (Å²) in [6.45, 7) is 4.47. The quantitative estimate of drug-likeness (QED) is 0.600. The van der Waals surface area contributed by atoms with Crippen LogP contribution in [0.25, 0.3) is 0 Å². The van der Waals surface area contributed by atoms with E-state index in [0.29, 0.717) is 15.9 Å². The van der Waals surface area contributed by atoms with Gasteiger partial charge in [0, 0.05) is 0 Å². The number of aryl methyl sites for hydroxylation is 2. The second kappa shape index (κ2) is 7.89. The van der Waals surface area contributed by atoms with Gasteiger partial charge in [-0.3, -0.25) is 4.79 Å². The van der Waals surface area contributed by atoms with Gasteiger partial charge in [-0.05, 0) is 42.7 Å². The van der Waals surface area contributed by atoms with Gasteiger partial charge in [0.25, 0.3) is 5.91 Å². The van der Waals surface area contributed by atoms with E-state index in [0.717, 1.165) is 28.1 Å². The van der Waals surface area contributed by atoms with E-state index in [1.54, 1.807) is 12.0 Å². The molecule has 0 saturated heterocycles. The van der Waals surface area contributed by atoms with Crippen LogP contribution < -0.4 is 9.64 Å². The average Bonchev–Trinajstić information content (AvgIpc) is 3.07. The number of thiazole rings is 1. The number of para-hydroxylation sites is 1. The third-order valence-corrected chi connectivity index (χ3v) is 5.25. The summed E-state index contributed by atoms with van der Waals surface area (Å²) in [5, 5.41) is 0. The molecule has 2 aromatic carbocycles. The SMILES string of the molecule is COc1ccc(CN(C(=O)c2cnc(Cl)s2)c2c(C)cccc2C)cc1. The minimum absolute atomic E-state index is 0.109. The Kier molecular flexibility index (Phi) is 5.59. The highest BCUT2D eigenvalue weighted by atomic mass is 35.5. The molecule has 3 rings (SSSR count). The maximum Gasteiger partial charge on any atom is 0.270 e. The molecule has 0 unspecified atom stereocenters. The van der Waals surface area contributed by atoms with Gasteiger partial charge in [0.2, 0.25) is 0 Å². The van der Waals surface area contributed by atoms with Crippen LogP contribution in [-0.4, -0.2) is 18.0 Å². The number of anilines is 1. The molecule has 0 radical (unpaired) electrons. The fourth-order valence-corrected chi connectivity index (χ4v) is 3.77. The maximum absolute atomic E-state index is 13.2. The summed E-state index contributed by atoms with van der Waals surface area (Å²) in [5.74, 6) is 0.676. The largest absolute Gasteiger partial charge is 0.497 e. The minimum Gasteiger partial charge on any atom is -0.497 e. The fourth-order valence-electron chi connectivity index (χ4n) is 2.88. The number of benzene rings is 2.